The van der Waals surface area contributed by atoms with E-state index in [2.05, 4.69) is 21.6 Å². The second-order valence-corrected chi connectivity index (χ2v) is 10.8. The second kappa shape index (κ2) is 12.8. The van der Waals surface area contributed by atoms with Gasteiger partial charge < -0.3 is 15.0 Å². The number of aromatic nitrogens is 3. The molecule has 0 aliphatic carbocycles. The van der Waals surface area contributed by atoms with Crippen molar-refractivity contribution in [3.8, 4) is 11.4 Å². The smallest absolute Gasteiger partial charge is 0.253 e. The van der Waals surface area contributed by atoms with Crippen molar-refractivity contribution in [3.63, 3.8) is 0 Å². The summed E-state index contributed by atoms with van der Waals surface area (Å²) in [4.78, 5) is 28.0. The third kappa shape index (κ3) is 6.27. The number of nitrogens with zero attached hydrogens (tertiary/aromatic N) is 4. The number of para-hydroxylation sites is 1. The Morgan fingerprint density at radius 2 is 1.85 bits per heavy atom. The molecule has 11 heteroatoms. The van der Waals surface area contributed by atoms with Gasteiger partial charge in [0, 0.05) is 22.9 Å². The molecule has 2 heterocycles. The number of fused-ring (bicyclic) bond motifs is 1. The van der Waals surface area contributed by atoms with Gasteiger partial charge >= 0.3 is 0 Å². The van der Waals surface area contributed by atoms with Crippen LogP contribution in [0, 0.1) is 0 Å². The minimum atomic E-state index is -0.365. The van der Waals surface area contributed by atoms with Gasteiger partial charge in [0.15, 0.2) is 11.0 Å². The zero-order valence-corrected chi connectivity index (χ0v) is 24.1. The number of rotatable bonds is 9. The van der Waals surface area contributed by atoms with Gasteiger partial charge in [0.2, 0.25) is 5.91 Å². The van der Waals surface area contributed by atoms with Crippen molar-refractivity contribution in [2.75, 3.05) is 23.8 Å². The van der Waals surface area contributed by atoms with Crippen molar-refractivity contribution in [1.29, 1.82) is 0 Å². The Balaban J connectivity index is 1.36. The number of amides is 2. The molecule has 1 N–H and O–H groups in total. The van der Waals surface area contributed by atoms with E-state index < -0.39 is 0 Å². The zero-order valence-electron chi connectivity index (χ0n) is 21.8. The van der Waals surface area contributed by atoms with Crippen molar-refractivity contribution < 1.29 is 14.3 Å². The van der Waals surface area contributed by atoms with Crippen molar-refractivity contribution in [2.45, 2.75) is 31.5 Å². The summed E-state index contributed by atoms with van der Waals surface area (Å²) in [5, 5.41) is 12.8. The van der Waals surface area contributed by atoms with Crippen LogP contribution in [0.3, 0.4) is 0 Å². The van der Waals surface area contributed by atoms with Crippen molar-refractivity contribution in [2.24, 2.45) is 0 Å². The van der Waals surface area contributed by atoms with Gasteiger partial charge in [0.05, 0.1) is 29.5 Å². The highest BCUT2D eigenvalue weighted by molar-refractivity contribution is 7.99. The Morgan fingerprint density at radius 3 is 2.62 bits per heavy atom. The van der Waals surface area contributed by atoms with Crippen LogP contribution in [-0.4, -0.2) is 45.5 Å². The standard InChI is InChI=1S/C29H27Cl2N5O3S/c1-2-39-22-12-10-21(11-13-22)36-26(17-32-28(38)23-14-9-20(30)16-24(23)31)33-34-29(36)40-18-27(37)35-15-5-7-19-6-3-4-8-25(19)35/h3-4,6,8-14,16H,2,5,7,15,17-18H2,1H3,(H,32,38). The van der Waals surface area contributed by atoms with E-state index >= 15 is 0 Å². The topological polar surface area (TPSA) is 89.3 Å². The van der Waals surface area contributed by atoms with Crippen LogP contribution in [0.25, 0.3) is 5.69 Å². The first-order chi connectivity index (χ1) is 19.4. The van der Waals surface area contributed by atoms with Crippen molar-refractivity contribution in [1.82, 2.24) is 20.1 Å². The highest BCUT2D eigenvalue weighted by Gasteiger charge is 2.24. The quantitative estimate of drug-likeness (QED) is 0.240. The van der Waals surface area contributed by atoms with Crippen LogP contribution in [0.1, 0.15) is 35.1 Å². The van der Waals surface area contributed by atoms with Gasteiger partial charge in [-0.1, -0.05) is 53.2 Å². The molecule has 4 aromatic rings. The predicted octanol–water partition coefficient (Wildman–Crippen LogP) is 5.97. The summed E-state index contributed by atoms with van der Waals surface area (Å²) in [5.41, 5.74) is 3.24. The fraction of sp³-hybridized carbons (Fsp3) is 0.241. The summed E-state index contributed by atoms with van der Waals surface area (Å²) < 4.78 is 7.42. The van der Waals surface area contributed by atoms with Gasteiger partial charge in [-0.25, -0.2) is 0 Å². The van der Waals surface area contributed by atoms with Gasteiger partial charge in [0.1, 0.15) is 5.75 Å². The maximum atomic E-state index is 13.3. The average Bonchev–Trinajstić information content (AvgIpc) is 3.37. The maximum Gasteiger partial charge on any atom is 0.253 e. The molecule has 0 spiro atoms. The van der Waals surface area contributed by atoms with E-state index in [0.717, 1.165) is 30.0 Å². The summed E-state index contributed by atoms with van der Waals surface area (Å²) in [5.74, 6) is 1.07. The summed E-state index contributed by atoms with van der Waals surface area (Å²) in [6, 6.07) is 20.2. The Morgan fingerprint density at radius 1 is 1.05 bits per heavy atom. The number of anilines is 1. The molecular formula is C29H27Cl2N5O3S. The molecular weight excluding hydrogens is 569 g/mol. The average molecular weight is 597 g/mol. The van der Waals surface area contributed by atoms with Crippen LogP contribution in [0.15, 0.2) is 71.9 Å². The number of carbonyl (C=O) groups excluding carboxylic acids is 2. The zero-order chi connectivity index (χ0) is 28.1. The molecule has 1 aromatic heterocycles. The van der Waals surface area contributed by atoms with Crippen LogP contribution < -0.4 is 15.0 Å². The minimum absolute atomic E-state index is 0.00521. The van der Waals surface area contributed by atoms with Crippen molar-refractivity contribution in [3.05, 3.63) is 93.7 Å². The monoisotopic (exact) mass is 595 g/mol. The van der Waals surface area contributed by atoms with Crippen LogP contribution in [0.4, 0.5) is 5.69 Å². The van der Waals surface area contributed by atoms with Gasteiger partial charge in [0.25, 0.3) is 5.91 Å². The Kier molecular flexibility index (Phi) is 8.94. The third-order valence-electron chi connectivity index (χ3n) is 6.43. The van der Waals surface area contributed by atoms with Gasteiger partial charge in [-0.15, -0.1) is 10.2 Å². The number of carbonyl (C=O) groups is 2. The van der Waals surface area contributed by atoms with E-state index in [4.69, 9.17) is 27.9 Å². The molecule has 0 bridgehead atoms. The molecule has 1 aliphatic rings. The van der Waals surface area contributed by atoms with Crippen molar-refractivity contribution >= 4 is 52.5 Å². The summed E-state index contributed by atoms with van der Waals surface area (Å²) in [6.45, 7) is 3.26. The Bertz CT molecular complexity index is 1530. The summed E-state index contributed by atoms with van der Waals surface area (Å²) in [7, 11) is 0. The van der Waals surface area contributed by atoms with Gasteiger partial charge in [-0.2, -0.15) is 0 Å². The molecule has 8 nitrogen and oxygen atoms in total. The van der Waals surface area contributed by atoms with E-state index in [1.165, 1.54) is 23.4 Å². The van der Waals surface area contributed by atoms with Crippen LogP contribution >= 0.6 is 35.0 Å². The Hall–Kier alpha value is -3.53. The van der Waals surface area contributed by atoms with E-state index in [0.29, 0.717) is 34.7 Å². The lowest BCUT2D eigenvalue weighted by atomic mass is 10.0. The number of thioether (sulfide) groups is 1. The molecule has 0 atom stereocenters. The molecule has 0 fully saturated rings. The van der Waals surface area contributed by atoms with Crippen LogP contribution in [0.5, 0.6) is 5.75 Å². The van der Waals surface area contributed by atoms with Gasteiger partial charge in [-0.05, 0) is 73.9 Å². The molecule has 2 amide bonds. The molecule has 5 rings (SSSR count). The number of ether oxygens (including phenoxy) is 1. The molecule has 1 aliphatic heterocycles. The van der Waals surface area contributed by atoms with E-state index in [-0.39, 0.29) is 29.1 Å². The van der Waals surface area contributed by atoms with Crippen LogP contribution in [0.2, 0.25) is 10.0 Å². The number of benzene rings is 3. The summed E-state index contributed by atoms with van der Waals surface area (Å²) in [6.07, 6.45) is 1.90. The number of hydrogen-bond donors (Lipinski definition) is 1. The fourth-order valence-electron chi connectivity index (χ4n) is 4.55. The first-order valence-corrected chi connectivity index (χ1v) is 14.6. The first-order valence-electron chi connectivity index (χ1n) is 12.9. The fourth-order valence-corrected chi connectivity index (χ4v) is 5.89. The normalized spacial score (nSPS) is 12.6. The maximum absolute atomic E-state index is 13.3. The highest BCUT2D eigenvalue weighted by atomic mass is 35.5. The number of hydrogen-bond acceptors (Lipinski definition) is 6. The van der Waals surface area contributed by atoms with E-state index in [1.807, 2.05) is 58.9 Å². The van der Waals surface area contributed by atoms with Crippen LogP contribution in [-0.2, 0) is 17.8 Å². The lowest BCUT2D eigenvalue weighted by Gasteiger charge is -2.29. The lowest BCUT2D eigenvalue weighted by Crippen LogP contribution is -2.36. The third-order valence-corrected chi connectivity index (χ3v) is 7.89. The molecule has 0 unspecified atom stereocenters. The lowest BCUT2D eigenvalue weighted by molar-refractivity contribution is -0.116. The predicted molar refractivity (Wildman–Crippen MR) is 158 cm³/mol. The molecule has 3 aromatic carbocycles. The second-order valence-electron chi connectivity index (χ2n) is 9.03. The van der Waals surface area contributed by atoms with E-state index in [1.54, 1.807) is 12.1 Å². The SMILES string of the molecule is CCOc1ccc(-n2c(CNC(=O)c3ccc(Cl)cc3Cl)nnc2SCC(=O)N2CCCc3ccccc32)cc1. The number of aryl methyl sites for hydroxylation is 1. The van der Waals surface area contributed by atoms with E-state index in [9.17, 15) is 9.59 Å². The summed E-state index contributed by atoms with van der Waals surface area (Å²) >= 11 is 13.5. The van der Waals surface area contributed by atoms with Gasteiger partial charge in [-0.3, -0.25) is 14.2 Å². The highest BCUT2D eigenvalue weighted by Crippen LogP contribution is 2.29. The molecule has 0 saturated carbocycles. The largest absolute Gasteiger partial charge is 0.494 e. The molecule has 206 valence electrons. The number of halogens is 2. The number of nitrogens with one attached hydrogen (secondary N) is 1. The first kappa shape index (κ1) is 28.0. The molecule has 0 radical (unpaired) electrons. The Labute approximate surface area is 246 Å². The molecule has 40 heavy (non-hydrogen) atoms. The minimum Gasteiger partial charge on any atom is -0.494 e. The molecule has 0 saturated heterocycles.